The molecule has 0 saturated heterocycles. The van der Waals surface area contributed by atoms with Gasteiger partial charge >= 0.3 is 6.09 Å². The number of aromatic nitrogens is 4. The van der Waals surface area contributed by atoms with Crippen molar-refractivity contribution in [3.8, 4) is 11.4 Å². The first kappa shape index (κ1) is 31.9. The van der Waals surface area contributed by atoms with Crippen LogP contribution in [0.15, 0.2) is 24.3 Å². The number of amides is 1. The largest absolute Gasteiger partial charge is 0.448 e. The second-order valence-corrected chi connectivity index (χ2v) is 14.1. The van der Waals surface area contributed by atoms with Gasteiger partial charge in [0.05, 0.1) is 17.2 Å². The van der Waals surface area contributed by atoms with Crippen molar-refractivity contribution in [1.82, 2.24) is 19.8 Å². The smallest absolute Gasteiger partial charge is 0.411 e. The van der Waals surface area contributed by atoms with E-state index in [1.165, 1.54) is 38.5 Å². The molecule has 2 heterocycles. The number of H-pyrrole nitrogens is 1. The van der Waals surface area contributed by atoms with Crippen LogP contribution in [0.5, 0.6) is 0 Å². The molecule has 3 rings (SSSR count). The van der Waals surface area contributed by atoms with Gasteiger partial charge in [-0.15, -0.1) is 5.10 Å². The zero-order valence-electron chi connectivity index (χ0n) is 24.3. The molecule has 40 heavy (non-hydrogen) atoms. The van der Waals surface area contributed by atoms with Gasteiger partial charge in [-0.1, -0.05) is 109 Å². The average molecular weight is 594 g/mol. The van der Waals surface area contributed by atoms with Crippen molar-refractivity contribution in [2.75, 3.05) is 23.4 Å². The Morgan fingerprint density at radius 3 is 2.30 bits per heavy atom. The lowest BCUT2D eigenvalue weighted by molar-refractivity contribution is 0.168. The first-order chi connectivity index (χ1) is 19.0. The molecular formula is C29H44ClN5O4S. The molecule has 0 aliphatic carbocycles. The third-order valence-corrected chi connectivity index (χ3v) is 8.85. The lowest BCUT2D eigenvalue weighted by Crippen LogP contribution is -2.20. The number of nitrogens with one attached hydrogen (secondary N) is 2. The van der Waals surface area contributed by atoms with Gasteiger partial charge in [0.2, 0.25) is 0 Å². The molecule has 0 fully saturated rings. The fraction of sp³-hybridized carbons (Fsp3) is 0.621. The Hall–Kier alpha value is -2.59. The summed E-state index contributed by atoms with van der Waals surface area (Å²) in [5.41, 5.74) is 2.35. The molecule has 0 radical (unpaired) electrons. The number of rotatable bonds is 16. The molecule has 1 aromatic carbocycles. The Morgan fingerprint density at radius 2 is 1.68 bits per heavy atom. The van der Waals surface area contributed by atoms with Gasteiger partial charge in [0.25, 0.3) is 0 Å². The Balaban J connectivity index is 1.39. The maximum Gasteiger partial charge on any atom is 0.411 e. The van der Waals surface area contributed by atoms with Gasteiger partial charge in [0, 0.05) is 16.7 Å². The highest BCUT2D eigenvalue weighted by atomic mass is 35.5. The monoisotopic (exact) mass is 593 g/mol. The Labute approximate surface area is 243 Å². The van der Waals surface area contributed by atoms with Gasteiger partial charge in [0.1, 0.15) is 11.6 Å². The third-order valence-electron chi connectivity index (χ3n) is 6.79. The van der Waals surface area contributed by atoms with Crippen LogP contribution in [0, 0.1) is 0 Å². The Bertz CT molecular complexity index is 1340. The lowest BCUT2D eigenvalue weighted by atomic mass is 9.92. The molecule has 0 unspecified atom stereocenters. The van der Waals surface area contributed by atoms with Crippen molar-refractivity contribution in [2.24, 2.45) is 0 Å². The third kappa shape index (κ3) is 9.80. The van der Waals surface area contributed by atoms with E-state index in [1.54, 1.807) is 22.8 Å². The van der Waals surface area contributed by atoms with Gasteiger partial charge in [0.15, 0.2) is 21.3 Å². The summed E-state index contributed by atoms with van der Waals surface area (Å²) in [5, 5.41) is 10.8. The minimum Gasteiger partial charge on any atom is -0.448 e. The van der Waals surface area contributed by atoms with Gasteiger partial charge in [-0.2, -0.15) is 4.63 Å². The van der Waals surface area contributed by atoms with Crippen LogP contribution in [0.3, 0.4) is 0 Å². The number of hydrogen-bond donors (Lipinski definition) is 2. The molecule has 222 valence electrons. The van der Waals surface area contributed by atoms with Crippen LogP contribution in [0.2, 0.25) is 5.02 Å². The molecule has 2 aromatic heterocycles. The van der Waals surface area contributed by atoms with E-state index in [9.17, 15) is 13.2 Å². The number of hydrogen-bond acceptors (Lipinski definition) is 6. The lowest BCUT2D eigenvalue weighted by Gasteiger charge is -2.16. The van der Waals surface area contributed by atoms with Gasteiger partial charge in [-0.05, 0) is 18.6 Å². The highest BCUT2D eigenvalue weighted by molar-refractivity contribution is 7.91. The topological polar surface area (TPSA) is 118 Å². The normalized spacial score (nSPS) is 12.2. The summed E-state index contributed by atoms with van der Waals surface area (Å²) < 4.78 is 31.3. The molecule has 9 nitrogen and oxygen atoms in total. The van der Waals surface area contributed by atoms with E-state index in [4.69, 9.17) is 16.3 Å². The molecular weight excluding hydrogens is 550 g/mol. The highest BCUT2D eigenvalue weighted by Gasteiger charge is 2.24. The summed E-state index contributed by atoms with van der Waals surface area (Å²) in [6, 6.07) is 7.01. The number of carbonyl (C=O) groups excluding carboxylic acids is 1. The van der Waals surface area contributed by atoms with Crippen LogP contribution in [-0.2, 0) is 20.0 Å². The van der Waals surface area contributed by atoms with Crippen LogP contribution >= 0.6 is 11.6 Å². The SMILES string of the molecule is CCCCCCCCCCCCS(=O)(=O)CCOC(=O)Nc1cccc(-c2nc3c(Cl)c(C(C)(C)C)[nH]n3n2)c1. The van der Waals surface area contributed by atoms with Crippen LogP contribution < -0.4 is 5.32 Å². The molecule has 0 bridgehead atoms. The number of unbranched alkanes of at least 4 members (excludes halogenated alkanes) is 9. The zero-order valence-corrected chi connectivity index (χ0v) is 25.8. The van der Waals surface area contributed by atoms with Crippen LogP contribution in [0.4, 0.5) is 10.5 Å². The van der Waals surface area contributed by atoms with Crippen LogP contribution in [0.25, 0.3) is 17.0 Å². The zero-order chi connectivity index (χ0) is 29.2. The molecule has 0 saturated carbocycles. The first-order valence-electron chi connectivity index (χ1n) is 14.4. The fourth-order valence-electron chi connectivity index (χ4n) is 4.48. The van der Waals surface area contributed by atoms with Gasteiger partial charge in [-0.3, -0.25) is 10.4 Å². The molecule has 0 aliphatic rings. The van der Waals surface area contributed by atoms with E-state index in [0.717, 1.165) is 25.0 Å². The number of nitrogens with zero attached hydrogens (tertiary/aromatic N) is 3. The van der Waals surface area contributed by atoms with Crippen LogP contribution in [0.1, 0.15) is 97.6 Å². The molecule has 11 heteroatoms. The van der Waals surface area contributed by atoms with Crippen molar-refractivity contribution in [2.45, 2.75) is 97.3 Å². The summed E-state index contributed by atoms with van der Waals surface area (Å²) >= 11 is 6.52. The maximum atomic E-state index is 12.3. The molecule has 1 amide bonds. The second kappa shape index (κ2) is 14.9. The molecule has 0 atom stereocenters. The van der Waals surface area contributed by atoms with Crippen molar-refractivity contribution in [3.05, 3.63) is 35.0 Å². The quantitative estimate of drug-likeness (QED) is 0.165. The predicted octanol–water partition coefficient (Wildman–Crippen LogP) is 7.56. The number of anilines is 1. The van der Waals surface area contributed by atoms with E-state index in [-0.39, 0.29) is 23.5 Å². The van der Waals surface area contributed by atoms with Gasteiger partial charge < -0.3 is 4.74 Å². The van der Waals surface area contributed by atoms with Crippen molar-refractivity contribution >= 4 is 38.9 Å². The number of benzene rings is 1. The predicted molar refractivity (Wildman–Crippen MR) is 162 cm³/mol. The highest BCUT2D eigenvalue weighted by Crippen LogP contribution is 2.32. The average Bonchev–Trinajstić information content (AvgIpc) is 3.44. The Morgan fingerprint density at radius 1 is 1.02 bits per heavy atom. The summed E-state index contributed by atoms with van der Waals surface area (Å²) in [7, 11) is -3.26. The van der Waals surface area contributed by atoms with Crippen molar-refractivity contribution < 1.29 is 17.9 Å². The minimum atomic E-state index is -3.26. The van der Waals surface area contributed by atoms with E-state index in [1.807, 2.05) is 26.8 Å². The standard InChI is InChI=1S/C29H44ClN5O4S/c1-5-6-7-8-9-10-11-12-13-14-19-40(37,38)20-18-39-28(36)31-23-17-15-16-22(21-23)26-32-27-24(30)25(29(2,3)4)33-35(27)34-26/h15-17,21,33H,5-14,18-20H2,1-4H3,(H,31,36). The van der Waals surface area contributed by atoms with Crippen LogP contribution in [-0.4, -0.2) is 52.4 Å². The van der Waals surface area contributed by atoms with Crippen molar-refractivity contribution in [3.63, 3.8) is 0 Å². The van der Waals surface area contributed by atoms with Gasteiger partial charge in [-0.25, -0.2) is 18.2 Å². The second-order valence-electron chi connectivity index (χ2n) is 11.4. The molecule has 3 aromatic rings. The molecule has 2 N–H and O–H groups in total. The summed E-state index contributed by atoms with van der Waals surface area (Å²) in [6.07, 6.45) is 10.8. The van der Waals surface area contributed by atoms with E-state index in [0.29, 0.717) is 34.2 Å². The Kier molecular flexibility index (Phi) is 11.9. The minimum absolute atomic E-state index is 0.128. The number of fused-ring (bicyclic) bond motifs is 1. The fourth-order valence-corrected chi connectivity index (χ4v) is 6.11. The van der Waals surface area contributed by atoms with Crippen molar-refractivity contribution in [1.29, 1.82) is 0 Å². The summed E-state index contributed by atoms with van der Waals surface area (Å²) in [5.74, 6) is 0.396. The summed E-state index contributed by atoms with van der Waals surface area (Å²) in [4.78, 5) is 16.8. The number of carbonyl (C=O) groups is 1. The molecule has 0 spiro atoms. The van der Waals surface area contributed by atoms with E-state index in [2.05, 4.69) is 27.4 Å². The number of sulfone groups is 1. The number of ether oxygens (including phenoxy) is 1. The maximum absolute atomic E-state index is 12.3. The first-order valence-corrected chi connectivity index (χ1v) is 16.6. The van der Waals surface area contributed by atoms with E-state index >= 15 is 0 Å². The summed E-state index contributed by atoms with van der Waals surface area (Å²) in [6.45, 7) is 8.18. The van der Waals surface area contributed by atoms with E-state index < -0.39 is 15.9 Å². The molecule has 0 aliphatic heterocycles. The number of halogens is 1. The number of aromatic amines is 1.